The van der Waals surface area contributed by atoms with Crippen LogP contribution in [0.3, 0.4) is 0 Å². The fourth-order valence-corrected chi connectivity index (χ4v) is 8.71. The van der Waals surface area contributed by atoms with Gasteiger partial charge in [0.15, 0.2) is 0 Å². The third-order valence-electron chi connectivity index (χ3n) is 10.6. The zero-order valence-electron chi connectivity index (χ0n) is 27.7. The van der Waals surface area contributed by atoms with E-state index in [9.17, 15) is 27.6 Å². The van der Waals surface area contributed by atoms with Gasteiger partial charge in [0.05, 0.1) is 24.2 Å². The van der Waals surface area contributed by atoms with Gasteiger partial charge in [-0.3, -0.25) is 14.4 Å². The van der Waals surface area contributed by atoms with Gasteiger partial charge in [0.2, 0.25) is 17.7 Å². The third kappa shape index (κ3) is 9.81. The summed E-state index contributed by atoms with van der Waals surface area (Å²) in [6.07, 6.45) is 5.22. The summed E-state index contributed by atoms with van der Waals surface area (Å²) in [7, 11) is 0. The maximum atomic E-state index is 14.2. The molecule has 48 heavy (non-hydrogen) atoms. The quantitative estimate of drug-likeness (QED) is 0.188. The minimum absolute atomic E-state index is 0.0236. The third-order valence-corrected chi connectivity index (χ3v) is 10.6. The van der Waals surface area contributed by atoms with Crippen LogP contribution in [0.4, 0.5) is 13.2 Å². The van der Waals surface area contributed by atoms with Crippen molar-refractivity contribution in [3.8, 4) is 0 Å². The van der Waals surface area contributed by atoms with Gasteiger partial charge in [0.1, 0.15) is 0 Å². The number of benzene rings is 2. The van der Waals surface area contributed by atoms with E-state index in [4.69, 9.17) is 11.5 Å². The van der Waals surface area contributed by atoms with Gasteiger partial charge in [0, 0.05) is 19.5 Å². The summed E-state index contributed by atoms with van der Waals surface area (Å²) in [4.78, 5) is 42.4. The molecule has 4 bridgehead atoms. The van der Waals surface area contributed by atoms with E-state index in [1.54, 1.807) is 4.90 Å². The minimum Gasteiger partial charge on any atom is -0.350 e. The fraction of sp³-hybridized carbons (Fsp3) is 0.595. The largest absolute Gasteiger partial charge is 0.416 e. The van der Waals surface area contributed by atoms with E-state index < -0.39 is 29.7 Å². The molecule has 0 radical (unpaired) electrons. The van der Waals surface area contributed by atoms with Gasteiger partial charge in [-0.05, 0) is 111 Å². The number of carbonyl (C=O) groups is 3. The average Bonchev–Trinajstić information content (AvgIpc) is 3.03. The van der Waals surface area contributed by atoms with Crippen molar-refractivity contribution < 1.29 is 27.6 Å². The molecule has 11 heteroatoms. The number of unbranched alkanes of at least 4 members (excludes halogenated alkanes) is 1. The van der Waals surface area contributed by atoms with Gasteiger partial charge in [0.25, 0.3) is 0 Å². The first-order valence-electron chi connectivity index (χ1n) is 17.4. The number of alkyl halides is 3. The normalized spacial score (nSPS) is 24.1. The Morgan fingerprint density at radius 2 is 1.52 bits per heavy atom. The monoisotopic (exact) mass is 669 g/mol. The second-order valence-electron chi connectivity index (χ2n) is 14.6. The molecule has 2 atom stereocenters. The summed E-state index contributed by atoms with van der Waals surface area (Å²) in [5.41, 5.74) is 12.5. The lowest BCUT2D eigenvalue weighted by Gasteiger charge is -2.57. The number of hydrogen-bond acceptors (Lipinski definition) is 5. The molecule has 3 amide bonds. The van der Waals surface area contributed by atoms with Crippen LogP contribution in [0.1, 0.15) is 80.9 Å². The molecule has 2 aromatic carbocycles. The molecule has 8 nitrogen and oxygen atoms in total. The summed E-state index contributed by atoms with van der Waals surface area (Å²) >= 11 is 0. The van der Waals surface area contributed by atoms with Crippen LogP contribution in [0.5, 0.6) is 0 Å². The molecular formula is C37H50F3N5O3. The molecule has 4 saturated carbocycles. The van der Waals surface area contributed by atoms with Crippen LogP contribution in [0.25, 0.3) is 0 Å². The Bertz CT molecular complexity index is 1350. The van der Waals surface area contributed by atoms with E-state index in [0.29, 0.717) is 49.1 Å². The molecule has 0 aliphatic heterocycles. The highest BCUT2D eigenvalue weighted by Gasteiger charge is 2.52. The standard InChI is InChI=1S/C37H50F3N5O3/c38-37(39,40)30-11-9-26(10-12-30)22-43-33(46)24-45(34(47)21-36-18-27-14-28(19-36)16-29(15-27)20-36)23-31(17-25-6-2-1-3-7-25)44-35(48)32(42)8-4-5-13-41/h1-3,6-7,9-12,27-29,31-32H,4-5,8,13-24,41-42H2,(H,43,46)(H,44,48)/t27?,28?,29?,31-,32-,36?/m0/s1. The van der Waals surface area contributed by atoms with Gasteiger partial charge in [-0.1, -0.05) is 48.9 Å². The lowest BCUT2D eigenvalue weighted by Crippen LogP contribution is -2.54. The SMILES string of the molecule is NCCCC[C@H](N)C(=O)N[C@@H](Cc1ccccc1)CN(CC(=O)NCc1ccc(C(F)(F)F)cc1)C(=O)CC12CC3CC(CC(C3)C1)C2. The number of halogens is 3. The lowest BCUT2D eigenvalue weighted by atomic mass is 9.49. The average molecular weight is 670 g/mol. The predicted molar refractivity (Wildman–Crippen MR) is 178 cm³/mol. The molecule has 0 heterocycles. The number of nitrogens with one attached hydrogen (secondary N) is 2. The highest BCUT2D eigenvalue weighted by atomic mass is 19.4. The predicted octanol–water partition coefficient (Wildman–Crippen LogP) is 4.94. The Hall–Kier alpha value is -3.44. The topological polar surface area (TPSA) is 131 Å². The first-order valence-corrected chi connectivity index (χ1v) is 17.4. The second-order valence-corrected chi connectivity index (χ2v) is 14.6. The number of rotatable bonds is 16. The van der Waals surface area contributed by atoms with Crippen molar-refractivity contribution in [2.24, 2.45) is 34.6 Å². The number of amides is 3. The van der Waals surface area contributed by atoms with Crippen molar-refractivity contribution in [2.75, 3.05) is 19.6 Å². The van der Waals surface area contributed by atoms with Gasteiger partial charge >= 0.3 is 6.18 Å². The Labute approximate surface area is 281 Å². The van der Waals surface area contributed by atoms with Crippen molar-refractivity contribution in [3.05, 3.63) is 71.3 Å². The molecular weight excluding hydrogens is 619 g/mol. The molecule has 2 aromatic rings. The highest BCUT2D eigenvalue weighted by molar-refractivity contribution is 5.85. The van der Waals surface area contributed by atoms with Crippen LogP contribution in [0.15, 0.2) is 54.6 Å². The number of nitrogens with zero attached hydrogens (tertiary/aromatic N) is 1. The second kappa shape index (κ2) is 15.8. The zero-order valence-corrected chi connectivity index (χ0v) is 27.7. The first kappa shape index (κ1) is 35.9. The number of hydrogen-bond donors (Lipinski definition) is 4. The summed E-state index contributed by atoms with van der Waals surface area (Å²) in [5, 5.41) is 5.85. The Balaban J connectivity index is 1.31. The smallest absolute Gasteiger partial charge is 0.350 e. The van der Waals surface area contributed by atoms with E-state index in [0.717, 1.165) is 49.8 Å². The number of nitrogens with two attached hydrogens (primary N) is 2. The lowest BCUT2D eigenvalue weighted by molar-refractivity contribution is -0.143. The van der Waals surface area contributed by atoms with Crippen molar-refractivity contribution in [3.63, 3.8) is 0 Å². The Kier molecular flexibility index (Phi) is 11.8. The molecule has 6 rings (SSSR count). The molecule has 0 aromatic heterocycles. The Morgan fingerprint density at radius 3 is 2.10 bits per heavy atom. The number of carbonyl (C=O) groups excluding carboxylic acids is 3. The van der Waals surface area contributed by atoms with E-state index in [-0.39, 0.29) is 36.9 Å². The first-order chi connectivity index (χ1) is 22.9. The van der Waals surface area contributed by atoms with Crippen LogP contribution in [0.2, 0.25) is 0 Å². The van der Waals surface area contributed by atoms with Crippen LogP contribution in [0, 0.1) is 23.2 Å². The molecule has 4 fully saturated rings. The molecule has 0 spiro atoms. The van der Waals surface area contributed by atoms with E-state index in [2.05, 4.69) is 10.6 Å². The van der Waals surface area contributed by atoms with Crippen LogP contribution in [-0.2, 0) is 33.5 Å². The fourth-order valence-electron chi connectivity index (χ4n) is 8.71. The van der Waals surface area contributed by atoms with Gasteiger partial charge in [-0.15, -0.1) is 0 Å². The van der Waals surface area contributed by atoms with E-state index in [1.807, 2.05) is 30.3 Å². The maximum absolute atomic E-state index is 14.2. The molecule has 6 N–H and O–H groups in total. The van der Waals surface area contributed by atoms with Crippen LogP contribution >= 0.6 is 0 Å². The summed E-state index contributed by atoms with van der Waals surface area (Å²) in [5.74, 6) is 1.15. The van der Waals surface area contributed by atoms with Crippen molar-refractivity contribution in [1.29, 1.82) is 0 Å². The maximum Gasteiger partial charge on any atom is 0.416 e. The highest BCUT2D eigenvalue weighted by Crippen LogP contribution is 2.61. The molecule has 4 aliphatic rings. The van der Waals surface area contributed by atoms with Crippen molar-refractivity contribution in [1.82, 2.24) is 15.5 Å². The van der Waals surface area contributed by atoms with E-state index in [1.165, 1.54) is 31.4 Å². The van der Waals surface area contributed by atoms with Gasteiger partial charge in [-0.25, -0.2) is 0 Å². The van der Waals surface area contributed by atoms with Crippen LogP contribution < -0.4 is 22.1 Å². The Morgan fingerprint density at radius 1 is 0.896 bits per heavy atom. The van der Waals surface area contributed by atoms with Gasteiger partial charge < -0.3 is 27.0 Å². The summed E-state index contributed by atoms with van der Waals surface area (Å²) < 4.78 is 39.0. The summed E-state index contributed by atoms with van der Waals surface area (Å²) in [6, 6.07) is 13.1. The van der Waals surface area contributed by atoms with Crippen molar-refractivity contribution in [2.45, 2.75) is 95.4 Å². The molecule has 4 aliphatic carbocycles. The molecule has 262 valence electrons. The zero-order chi connectivity index (χ0) is 34.3. The van der Waals surface area contributed by atoms with Crippen molar-refractivity contribution >= 4 is 17.7 Å². The molecule has 0 saturated heterocycles. The van der Waals surface area contributed by atoms with Crippen LogP contribution in [-0.4, -0.2) is 54.3 Å². The minimum atomic E-state index is -4.45. The van der Waals surface area contributed by atoms with Gasteiger partial charge in [-0.2, -0.15) is 13.2 Å². The van der Waals surface area contributed by atoms with E-state index >= 15 is 0 Å². The molecule has 0 unspecified atom stereocenters. The summed E-state index contributed by atoms with van der Waals surface area (Å²) in [6.45, 7) is 0.438.